The Balaban J connectivity index is 1.95. The maximum Gasteiger partial charge on any atom is 0.277 e. The Morgan fingerprint density at radius 3 is 2.62 bits per heavy atom. The molecule has 1 amide bonds. The first-order chi connectivity index (χ1) is 12.3. The van der Waals surface area contributed by atoms with Gasteiger partial charge in [0.1, 0.15) is 11.5 Å². The molecule has 2 rings (SSSR count). The fraction of sp³-hybridized carbons (Fsp3) is 0.0667. The molecule has 0 atom stereocenters. The molecule has 0 aliphatic carbocycles. The third-order valence-corrected chi connectivity index (χ3v) is 3.97. The second-order valence-electron chi connectivity index (χ2n) is 4.78. The average molecular weight is 419 g/mol. The van der Waals surface area contributed by atoms with E-state index < -0.39 is 17.4 Å². The molecule has 0 aromatic heterocycles. The number of hydrogen-bond acceptors (Lipinski definition) is 6. The number of halogens is 3. The number of hydrazone groups is 1. The van der Waals surface area contributed by atoms with Gasteiger partial charge in [-0.05, 0) is 12.1 Å². The number of amides is 1. The van der Waals surface area contributed by atoms with Crippen molar-refractivity contribution in [2.75, 3.05) is 6.61 Å². The summed E-state index contributed by atoms with van der Waals surface area (Å²) in [5, 5.41) is 24.6. The number of phenolic OH excluding ortho intramolecular Hbond substituents is 1. The number of phenols is 1. The van der Waals surface area contributed by atoms with Crippen LogP contribution in [0.3, 0.4) is 0 Å². The highest BCUT2D eigenvalue weighted by Crippen LogP contribution is 2.33. The summed E-state index contributed by atoms with van der Waals surface area (Å²) >= 11 is 17.5. The van der Waals surface area contributed by atoms with Gasteiger partial charge in [0.05, 0.1) is 26.2 Å². The summed E-state index contributed by atoms with van der Waals surface area (Å²) in [5.41, 5.74) is 1.98. The average Bonchev–Trinajstić information content (AvgIpc) is 2.58. The summed E-state index contributed by atoms with van der Waals surface area (Å²) < 4.78 is 5.21. The minimum atomic E-state index is -0.631. The van der Waals surface area contributed by atoms with Gasteiger partial charge in [-0.2, -0.15) is 5.10 Å². The smallest absolute Gasteiger partial charge is 0.277 e. The van der Waals surface area contributed by atoms with Crippen molar-refractivity contribution in [1.29, 1.82) is 0 Å². The Bertz CT molecular complexity index is 889. The largest absolute Gasteiger partial charge is 0.507 e. The monoisotopic (exact) mass is 417 g/mol. The zero-order valence-electron chi connectivity index (χ0n) is 12.8. The fourth-order valence-corrected chi connectivity index (χ4v) is 2.31. The van der Waals surface area contributed by atoms with Crippen molar-refractivity contribution >= 4 is 52.6 Å². The van der Waals surface area contributed by atoms with Gasteiger partial charge in [0.2, 0.25) is 0 Å². The van der Waals surface area contributed by atoms with Gasteiger partial charge in [-0.3, -0.25) is 14.9 Å². The van der Waals surface area contributed by atoms with E-state index in [9.17, 15) is 20.0 Å². The second-order valence-corrected chi connectivity index (χ2v) is 6.00. The third-order valence-electron chi connectivity index (χ3n) is 2.95. The molecule has 11 heteroatoms. The van der Waals surface area contributed by atoms with E-state index in [-0.39, 0.29) is 37.8 Å². The summed E-state index contributed by atoms with van der Waals surface area (Å²) in [6.07, 6.45) is 1.06. The first-order valence-corrected chi connectivity index (χ1v) is 7.98. The van der Waals surface area contributed by atoms with E-state index in [1.165, 1.54) is 12.1 Å². The molecule has 0 saturated carbocycles. The molecular formula is C15H10Cl3N3O5. The predicted octanol–water partition coefficient (Wildman–Crippen LogP) is 3.79. The number of nitrogens with zero attached hydrogens (tertiary/aromatic N) is 2. The lowest BCUT2D eigenvalue weighted by molar-refractivity contribution is -0.384. The third kappa shape index (κ3) is 5.22. The van der Waals surface area contributed by atoms with Crippen LogP contribution in [-0.4, -0.2) is 28.8 Å². The summed E-state index contributed by atoms with van der Waals surface area (Å²) in [4.78, 5) is 21.8. The highest BCUT2D eigenvalue weighted by atomic mass is 35.5. The maximum atomic E-state index is 11.7. The molecule has 0 spiro atoms. The summed E-state index contributed by atoms with van der Waals surface area (Å²) in [6.45, 7) is -0.421. The molecule has 0 fully saturated rings. The summed E-state index contributed by atoms with van der Waals surface area (Å²) in [5.74, 6) is -0.697. The number of carbonyl (C=O) groups is 1. The molecule has 2 aromatic carbocycles. The predicted molar refractivity (Wildman–Crippen MR) is 97.5 cm³/mol. The van der Waals surface area contributed by atoms with Crippen molar-refractivity contribution in [1.82, 2.24) is 5.43 Å². The zero-order valence-corrected chi connectivity index (χ0v) is 15.0. The topological polar surface area (TPSA) is 114 Å². The number of rotatable bonds is 6. The Morgan fingerprint density at radius 2 is 1.92 bits per heavy atom. The number of aromatic hydroxyl groups is 1. The van der Waals surface area contributed by atoms with Gasteiger partial charge in [-0.25, -0.2) is 5.43 Å². The van der Waals surface area contributed by atoms with Gasteiger partial charge < -0.3 is 9.84 Å². The number of carbonyl (C=O) groups excluding carboxylic acids is 1. The molecule has 0 unspecified atom stereocenters. The minimum Gasteiger partial charge on any atom is -0.507 e. The van der Waals surface area contributed by atoms with Crippen LogP contribution in [0, 0.1) is 10.1 Å². The lowest BCUT2D eigenvalue weighted by Crippen LogP contribution is -2.24. The fourth-order valence-electron chi connectivity index (χ4n) is 1.72. The lowest BCUT2D eigenvalue weighted by Gasteiger charge is -2.08. The Labute approximate surface area is 162 Å². The molecule has 8 nitrogen and oxygen atoms in total. The Morgan fingerprint density at radius 1 is 1.23 bits per heavy atom. The van der Waals surface area contributed by atoms with E-state index in [0.29, 0.717) is 0 Å². The van der Waals surface area contributed by atoms with E-state index in [4.69, 9.17) is 39.5 Å². The van der Waals surface area contributed by atoms with E-state index in [2.05, 4.69) is 10.5 Å². The van der Waals surface area contributed by atoms with Crippen LogP contribution >= 0.6 is 34.8 Å². The van der Waals surface area contributed by atoms with Crippen molar-refractivity contribution in [3.05, 3.63) is 61.1 Å². The second kappa shape index (κ2) is 8.70. The zero-order chi connectivity index (χ0) is 19.3. The number of benzene rings is 2. The van der Waals surface area contributed by atoms with E-state index in [0.717, 1.165) is 24.4 Å². The first-order valence-electron chi connectivity index (χ1n) is 6.84. The van der Waals surface area contributed by atoms with Crippen LogP contribution in [0.15, 0.2) is 35.4 Å². The van der Waals surface area contributed by atoms with Crippen molar-refractivity contribution in [3.63, 3.8) is 0 Å². The number of nitrogens with one attached hydrogen (secondary N) is 1. The quantitative estimate of drug-likeness (QED) is 0.321. The van der Waals surface area contributed by atoms with Crippen LogP contribution in [0.4, 0.5) is 5.69 Å². The standard InChI is InChI=1S/C15H10Cl3N3O5/c16-10-4-12(18)14(5-11(10)17)26-7-15(23)20-19-6-8-3-9(21(24)25)1-2-13(8)22/h1-6,22H,7H2,(H,20,23). The highest BCUT2D eigenvalue weighted by molar-refractivity contribution is 6.43. The van der Waals surface area contributed by atoms with Gasteiger partial charge in [0.25, 0.3) is 11.6 Å². The van der Waals surface area contributed by atoms with Gasteiger partial charge in [-0.15, -0.1) is 0 Å². The van der Waals surface area contributed by atoms with Crippen LogP contribution < -0.4 is 10.2 Å². The molecule has 0 heterocycles. The van der Waals surface area contributed by atoms with E-state index >= 15 is 0 Å². The molecule has 26 heavy (non-hydrogen) atoms. The number of ether oxygens (including phenoxy) is 1. The number of nitro benzene ring substituents is 1. The molecule has 0 bridgehead atoms. The molecule has 0 radical (unpaired) electrons. The molecule has 0 saturated heterocycles. The van der Waals surface area contributed by atoms with Gasteiger partial charge >= 0.3 is 0 Å². The van der Waals surface area contributed by atoms with Crippen molar-refractivity contribution in [2.45, 2.75) is 0 Å². The first kappa shape index (κ1) is 19.8. The van der Waals surface area contributed by atoms with Crippen molar-refractivity contribution in [3.8, 4) is 11.5 Å². The normalized spacial score (nSPS) is 10.7. The van der Waals surface area contributed by atoms with Crippen LogP contribution in [0.5, 0.6) is 11.5 Å². The number of nitro groups is 1. The van der Waals surface area contributed by atoms with Gasteiger partial charge in [0, 0.05) is 23.8 Å². The lowest BCUT2D eigenvalue weighted by atomic mass is 10.2. The van der Waals surface area contributed by atoms with Crippen LogP contribution in [-0.2, 0) is 4.79 Å². The minimum absolute atomic E-state index is 0.0629. The maximum absolute atomic E-state index is 11.7. The van der Waals surface area contributed by atoms with Gasteiger partial charge in [-0.1, -0.05) is 34.8 Å². The molecule has 136 valence electrons. The number of non-ortho nitro benzene ring substituents is 1. The van der Waals surface area contributed by atoms with E-state index in [1.54, 1.807) is 0 Å². The van der Waals surface area contributed by atoms with Crippen LogP contribution in [0.2, 0.25) is 15.1 Å². The molecule has 0 aliphatic heterocycles. The van der Waals surface area contributed by atoms with Crippen LogP contribution in [0.1, 0.15) is 5.56 Å². The molecule has 2 N–H and O–H groups in total. The van der Waals surface area contributed by atoms with E-state index in [1.807, 2.05) is 0 Å². The van der Waals surface area contributed by atoms with Gasteiger partial charge in [0.15, 0.2) is 6.61 Å². The summed E-state index contributed by atoms with van der Waals surface area (Å²) in [7, 11) is 0. The Hall–Kier alpha value is -2.55. The SMILES string of the molecule is O=C(COc1cc(Cl)c(Cl)cc1Cl)NN=Cc1cc([N+](=O)[O-])ccc1O. The summed E-state index contributed by atoms with van der Waals surface area (Å²) in [6, 6.07) is 6.14. The van der Waals surface area contributed by atoms with Crippen LogP contribution in [0.25, 0.3) is 0 Å². The molecular weight excluding hydrogens is 409 g/mol. The number of hydrogen-bond donors (Lipinski definition) is 2. The molecule has 0 aliphatic rings. The highest BCUT2D eigenvalue weighted by Gasteiger charge is 2.10. The Kier molecular flexibility index (Phi) is 6.62. The molecule has 2 aromatic rings. The van der Waals surface area contributed by atoms with Crippen molar-refractivity contribution < 1.29 is 19.6 Å². The van der Waals surface area contributed by atoms with Crippen molar-refractivity contribution in [2.24, 2.45) is 5.10 Å².